The van der Waals surface area contributed by atoms with Crippen molar-refractivity contribution in [3.8, 4) is 0 Å². The lowest BCUT2D eigenvalue weighted by atomic mass is 10.2. The van der Waals surface area contributed by atoms with Crippen LogP contribution in [-0.4, -0.2) is 36.3 Å². The van der Waals surface area contributed by atoms with Crippen molar-refractivity contribution in [3.63, 3.8) is 0 Å². The average Bonchev–Trinajstić information content (AvgIpc) is 3.46. The van der Waals surface area contributed by atoms with Gasteiger partial charge < -0.3 is 21.1 Å². The molecule has 1 aliphatic heterocycles. The summed E-state index contributed by atoms with van der Waals surface area (Å²) in [5, 5.41) is 13.8. The molecule has 24 heavy (non-hydrogen) atoms. The second kappa shape index (κ2) is 7.29. The van der Waals surface area contributed by atoms with Gasteiger partial charge in [0.2, 0.25) is 0 Å². The van der Waals surface area contributed by atoms with E-state index >= 15 is 0 Å². The van der Waals surface area contributed by atoms with E-state index in [1.165, 1.54) is 0 Å². The van der Waals surface area contributed by atoms with Crippen LogP contribution < -0.4 is 16.4 Å². The SMILES string of the molecule is N=C(C(=O)Nc1ccc(C2CNCCO2)nc1)C(Cl)=C(N)C1CC1. The Kier molecular flexibility index (Phi) is 5.13. The standard InChI is InChI=1S/C16H20ClN5O2/c17-13(14(18)9-1-2-9)15(19)16(23)22-10-3-4-11(21-7-10)12-8-20-5-6-24-12/h3-4,7,9,12,19-20H,1-2,5-6,8,18H2,(H,22,23). The van der Waals surface area contributed by atoms with Gasteiger partial charge in [-0.15, -0.1) is 0 Å². The predicted octanol–water partition coefficient (Wildman–Crippen LogP) is 1.52. The van der Waals surface area contributed by atoms with Gasteiger partial charge in [-0.3, -0.25) is 15.2 Å². The Labute approximate surface area is 145 Å². The van der Waals surface area contributed by atoms with Crippen molar-refractivity contribution >= 4 is 28.9 Å². The summed E-state index contributed by atoms with van der Waals surface area (Å²) in [4.78, 5) is 16.4. The van der Waals surface area contributed by atoms with E-state index in [0.29, 0.717) is 24.5 Å². The topological polar surface area (TPSA) is 113 Å². The molecule has 1 saturated heterocycles. The van der Waals surface area contributed by atoms with Gasteiger partial charge in [-0.05, 0) is 25.0 Å². The third-order valence-electron chi connectivity index (χ3n) is 4.02. The molecule has 2 aliphatic rings. The Morgan fingerprint density at radius 3 is 2.83 bits per heavy atom. The molecule has 1 atom stereocenters. The third-order valence-corrected chi connectivity index (χ3v) is 4.43. The second-order valence-electron chi connectivity index (χ2n) is 5.91. The number of hydrogen-bond donors (Lipinski definition) is 4. The number of anilines is 1. The molecule has 1 unspecified atom stereocenters. The number of carbonyl (C=O) groups excluding carboxylic acids is 1. The molecule has 0 radical (unpaired) electrons. The number of nitrogens with one attached hydrogen (secondary N) is 3. The van der Waals surface area contributed by atoms with E-state index in [9.17, 15) is 4.79 Å². The van der Waals surface area contributed by atoms with E-state index in [1.54, 1.807) is 18.3 Å². The number of ether oxygens (including phenoxy) is 1. The van der Waals surface area contributed by atoms with Gasteiger partial charge in [0.15, 0.2) is 0 Å². The van der Waals surface area contributed by atoms with Gasteiger partial charge in [0.25, 0.3) is 5.91 Å². The molecule has 1 aliphatic carbocycles. The van der Waals surface area contributed by atoms with Gasteiger partial charge in [-0.1, -0.05) is 11.6 Å². The molecule has 1 saturated carbocycles. The molecule has 7 nitrogen and oxygen atoms in total. The molecule has 8 heteroatoms. The summed E-state index contributed by atoms with van der Waals surface area (Å²) >= 11 is 6.03. The summed E-state index contributed by atoms with van der Waals surface area (Å²) in [6, 6.07) is 3.53. The maximum Gasteiger partial charge on any atom is 0.275 e. The smallest absolute Gasteiger partial charge is 0.275 e. The molecule has 1 aromatic heterocycles. The number of hydrogen-bond acceptors (Lipinski definition) is 6. The number of nitrogens with zero attached hydrogens (tertiary/aromatic N) is 1. The van der Waals surface area contributed by atoms with Crippen molar-refractivity contribution in [2.45, 2.75) is 18.9 Å². The largest absolute Gasteiger partial charge is 0.401 e. The first-order valence-electron chi connectivity index (χ1n) is 7.90. The van der Waals surface area contributed by atoms with E-state index in [-0.39, 0.29) is 22.8 Å². The number of pyridine rings is 1. The molecule has 3 rings (SSSR count). The van der Waals surface area contributed by atoms with Crippen molar-refractivity contribution in [1.82, 2.24) is 10.3 Å². The Balaban J connectivity index is 1.61. The van der Waals surface area contributed by atoms with E-state index in [4.69, 9.17) is 27.5 Å². The summed E-state index contributed by atoms with van der Waals surface area (Å²) < 4.78 is 5.63. The number of morpholine rings is 1. The Bertz CT molecular complexity index is 664. The average molecular weight is 350 g/mol. The van der Waals surface area contributed by atoms with Crippen molar-refractivity contribution in [2.75, 3.05) is 25.0 Å². The molecule has 0 aromatic carbocycles. The van der Waals surface area contributed by atoms with Crippen molar-refractivity contribution in [1.29, 1.82) is 5.41 Å². The van der Waals surface area contributed by atoms with Crippen LogP contribution >= 0.6 is 11.6 Å². The van der Waals surface area contributed by atoms with Gasteiger partial charge in [0.1, 0.15) is 11.8 Å². The molecule has 128 valence electrons. The van der Waals surface area contributed by atoms with Crippen LogP contribution in [0.15, 0.2) is 29.1 Å². The van der Waals surface area contributed by atoms with E-state index in [0.717, 1.165) is 25.1 Å². The van der Waals surface area contributed by atoms with Gasteiger partial charge in [0, 0.05) is 24.7 Å². The lowest BCUT2D eigenvalue weighted by Gasteiger charge is -2.23. The quantitative estimate of drug-likeness (QED) is 0.602. The normalized spacial score (nSPS) is 21.8. The maximum absolute atomic E-state index is 12.1. The molecule has 1 aromatic rings. The summed E-state index contributed by atoms with van der Waals surface area (Å²) in [7, 11) is 0. The highest BCUT2D eigenvalue weighted by molar-refractivity contribution is 6.60. The van der Waals surface area contributed by atoms with Crippen LogP contribution in [0.25, 0.3) is 0 Å². The zero-order chi connectivity index (χ0) is 17.1. The molecule has 5 N–H and O–H groups in total. The molecule has 0 bridgehead atoms. The number of halogens is 1. The van der Waals surface area contributed by atoms with E-state index in [2.05, 4.69) is 15.6 Å². The second-order valence-corrected chi connectivity index (χ2v) is 6.29. The number of allylic oxidation sites excluding steroid dienone is 1. The minimum absolute atomic E-state index is 0.0289. The molecule has 2 fully saturated rings. The molecule has 1 amide bonds. The molecular formula is C16H20ClN5O2. The minimum atomic E-state index is -0.603. The Morgan fingerprint density at radius 1 is 1.46 bits per heavy atom. The van der Waals surface area contributed by atoms with Crippen LogP contribution in [0.5, 0.6) is 0 Å². The zero-order valence-electron chi connectivity index (χ0n) is 13.1. The van der Waals surface area contributed by atoms with Crippen LogP contribution in [0.3, 0.4) is 0 Å². The summed E-state index contributed by atoms with van der Waals surface area (Å²) in [6.07, 6.45) is 3.37. The summed E-state index contributed by atoms with van der Waals surface area (Å²) in [5.74, 6) is -0.399. The highest BCUT2D eigenvalue weighted by atomic mass is 35.5. The predicted molar refractivity (Wildman–Crippen MR) is 91.9 cm³/mol. The van der Waals surface area contributed by atoms with Gasteiger partial charge in [-0.2, -0.15) is 0 Å². The first-order chi connectivity index (χ1) is 11.6. The minimum Gasteiger partial charge on any atom is -0.401 e. The van der Waals surface area contributed by atoms with Gasteiger partial charge >= 0.3 is 0 Å². The van der Waals surface area contributed by atoms with Crippen LogP contribution in [0, 0.1) is 11.3 Å². The first-order valence-corrected chi connectivity index (χ1v) is 8.27. The number of aromatic nitrogens is 1. The van der Waals surface area contributed by atoms with Crippen molar-refractivity contribution < 1.29 is 9.53 Å². The lowest BCUT2D eigenvalue weighted by Crippen LogP contribution is -2.33. The summed E-state index contributed by atoms with van der Waals surface area (Å²) in [5.41, 5.74) is 7.24. The maximum atomic E-state index is 12.1. The summed E-state index contributed by atoms with van der Waals surface area (Å²) in [6.45, 7) is 2.20. The molecular weight excluding hydrogens is 330 g/mol. The highest BCUT2D eigenvalue weighted by Crippen LogP contribution is 2.36. The number of amides is 1. The van der Waals surface area contributed by atoms with Gasteiger partial charge in [-0.25, -0.2) is 0 Å². The number of rotatable bonds is 5. The lowest BCUT2D eigenvalue weighted by molar-refractivity contribution is -0.110. The Hall–Kier alpha value is -1.96. The number of nitrogens with two attached hydrogens (primary N) is 1. The van der Waals surface area contributed by atoms with Gasteiger partial charge in [0.05, 0.1) is 29.2 Å². The van der Waals surface area contributed by atoms with E-state index in [1.807, 2.05) is 0 Å². The zero-order valence-corrected chi connectivity index (χ0v) is 13.9. The third kappa shape index (κ3) is 3.92. The van der Waals surface area contributed by atoms with Crippen LogP contribution in [0.2, 0.25) is 0 Å². The first kappa shape index (κ1) is 16.9. The fourth-order valence-corrected chi connectivity index (χ4v) is 2.68. The van der Waals surface area contributed by atoms with Crippen LogP contribution in [0.4, 0.5) is 5.69 Å². The molecule has 0 spiro atoms. The monoisotopic (exact) mass is 349 g/mol. The molecule has 2 heterocycles. The van der Waals surface area contributed by atoms with Crippen LogP contribution in [-0.2, 0) is 9.53 Å². The van der Waals surface area contributed by atoms with Crippen molar-refractivity contribution in [2.24, 2.45) is 11.7 Å². The highest BCUT2D eigenvalue weighted by Gasteiger charge is 2.28. The fourth-order valence-electron chi connectivity index (χ4n) is 2.44. The Morgan fingerprint density at radius 2 is 2.25 bits per heavy atom. The fraction of sp³-hybridized carbons (Fsp3) is 0.438. The van der Waals surface area contributed by atoms with Crippen molar-refractivity contribution in [3.05, 3.63) is 34.8 Å². The van der Waals surface area contributed by atoms with Crippen LogP contribution in [0.1, 0.15) is 24.6 Å². The van der Waals surface area contributed by atoms with E-state index < -0.39 is 5.91 Å². The number of carbonyl (C=O) groups is 1.